The molecule has 1 aliphatic rings. The third kappa shape index (κ3) is 4.65. The average molecular weight is 452 g/mol. The molecule has 0 spiro atoms. The minimum Gasteiger partial charge on any atom is -0.484 e. The van der Waals surface area contributed by atoms with E-state index < -0.39 is 5.97 Å². The van der Waals surface area contributed by atoms with Crippen LogP contribution in [-0.4, -0.2) is 25.6 Å². The lowest BCUT2D eigenvalue weighted by Crippen LogP contribution is -2.26. The second-order valence-corrected chi connectivity index (χ2v) is 10.5. The highest BCUT2D eigenvalue weighted by Gasteiger charge is 2.34. The number of rotatable bonds is 5. The molecule has 5 nitrogen and oxygen atoms in total. The lowest BCUT2D eigenvalue weighted by Gasteiger charge is -2.33. The highest BCUT2D eigenvalue weighted by atomic mass is 32.1. The second-order valence-electron chi connectivity index (χ2n) is 9.35. The van der Waals surface area contributed by atoms with Gasteiger partial charge in [-0.2, -0.15) is 0 Å². The van der Waals surface area contributed by atoms with Gasteiger partial charge in [0.15, 0.2) is 6.61 Å². The van der Waals surface area contributed by atoms with Gasteiger partial charge in [-0.3, -0.25) is 4.79 Å². The maximum absolute atomic E-state index is 12.7. The second kappa shape index (κ2) is 8.94. The number of fused-ring (bicyclic) bond motifs is 2. The number of nitrogens with one attached hydrogen (secondary N) is 1. The van der Waals surface area contributed by atoms with Gasteiger partial charge in [-0.05, 0) is 59.1 Å². The summed E-state index contributed by atoms with van der Waals surface area (Å²) in [4.78, 5) is 26.4. The molecule has 0 aliphatic heterocycles. The smallest absolute Gasteiger partial charge is 0.341 e. The van der Waals surface area contributed by atoms with Gasteiger partial charge < -0.3 is 14.8 Å². The molecular formula is C26H29NO4S. The molecule has 0 saturated carbocycles. The van der Waals surface area contributed by atoms with Crippen LogP contribution in [0.5, 0.6) is 5.75 Å². The van der Waals surface area contributed by atoms with Crippen LogP contribution >= 0.6 is 11.3 Å². The molecule has 0 unspecified atom stereocenters. The van der Waals surface area contributed by atoms with Crippen molar-refractivity contribution >= 4 is 39.0 Å². The molecule has 32 heavy (non-hydrogen) atoms. The Balaban J connectivity index is 1.49. The topological polar surface area (TPSA) is 64.6 Å². The van der Waals surface area contributed by atoms with Crippen molar-refractivity contribution in [3.8, 4) is 5.75 Å². The van der Waals surface area contributed by atoms with Crippen molar-refractivity contribution in [1.82, 2.24) is 0 Å². The fourth-order valence-corrected chi connectivity index (χ4v) is 5.63. The summed E-state index contributed by atoms with van der Waals surface area (Å²) in [5, 5.41) is 5.63. The number of esters is 1. The van der Waals surface area contributed by atoms with E-state index in [0.29, 0.717) is 22.2 Å². The third-order valence-electron chi connectivity index (χ3n) is 6.22. The lowest BCUT2D eigenvalue weighted by molar-refractivity contribution is -0.118. The van der Waals surface area contributed by atoms with Crippen molar-refractivity contribution < 1.29 is 19.1 Å². The number of anilines is 1. The highest BCUT2D eigenvalue weighted by Crippen LogP contribution is 2.44. The van der Waals surface area contributed by atoms with Gasteiger partial charge in [0.05, 0.1) is 12.7 Å². The summed E-state index contributed by atoms with van der Waals surface area (Å²) in [6.45, 7) is 6.63. The predicted molar refractivity (Wildman–Crippen MR) is 129 cm³/mol. The van der Waals surface area contributed by atoms with Crippen LogP contribution < -0.4 is 10.1 Å². The van der Waals surface area contributed by atoms with Crippen molar-refractivity contribution in [3.63, 3.8) is 0 Å². The molecule has 1 aliphatic carbocycles. The van der Waals surface area contributed by atoms with Crippen molar-refractivity contribution in [2.75, 3.05) is 19.0 Å². The van der Waals surface area contributed by atoms with Crippen LogP contribution in [0.2, 0.25) is 0 Å². The number of methoxy groups -OCH3 is 1. The fraction of sp³-hybridized carbons (Fsp3) is 0.385. The van der Waals surface area contributed by atoms with Crippen LogP contribution in [0.3, 0.4) is 0 Å². The van der Waals surface area contributed by atoms with Crippen molar-refractivity contribution in [2.45, 2.75) is 40.0 Å². The zero-order valence-electron chi connectivity index (χ0n) is 19.0. The third-order valence-corrected chi connectivity index (χ3v) is 7.39. The molecule has 0 bridgehead atoms. The van der Waals surface area contributed by atoms with Crippen LogP contribution in [0.15, 0.2) is 42.5 Å². The van der Waals surface area contributed by atoms with E-state index >= 15 is 0 Å². The normalized spacial score (nSPS) is 15.8. The van der Waals surface area contributed by atoms with Crippen LogP contribution in [0.4, 0.5) is 5.00 Å². The molecule has 2 aromatic carbocycles. The van der Waals surface area contributed by atoms with E-state index in [1.807, 2.05) is 42.5 Å². The molecule has 0 fully saturated rings. The fourth-order valence-electron chi connectivity index (χ4n) is 4.30. The quantitative estimate of drug-likeness (QED) is 0.494. The molecule has 0 saturated heterocycles. The molecule has 6 heteroatoms. The predicted octanol–water partition coefficient (Wildman–Crippen LogP) is 5.86. The number of thiophene rings is 1. The highest BCUT2D eigenvalue weighted by molar-refractivity contribution is 7.17. The van der Waals surface area contributed by atoms with Gasteiger partial charge in [0, 0.05) is 4.88 Å². The lowest BCUT2D eigenvalue weighted by atomic mass is 9.72. The first-order valence-electron chi connectivity index (χ1n) is 10.9. The summed E-state index contributed by atoms with van der Waals surface area (Å²) in [5.41, 5.74) is 1.72. The Morgan fingerprint density at radius 1 is 1.12 bits per heavy atom. The Morgan fingerprint density at radius 2 is 1.88 bits per heavy atom. The molecule has 1 N–H and O–H groups in total. The minimum atomic E-state index is -0.401. The zero-order chi connectivity index (χ0) is 22.9. The molecule has 4 rings (SSSR count). The van der Waals surface area contributed by atoms with Gasteiger partial charge in [0.2, 0.25) is 0 Å². The first kappa shape index (κ1) is 22.3. The van der Waals surface area contributed by atoms with Crippen LogP contribution in [0.1, 0.15) is 48.0 Å². The van der Waals surface area contributed by atoms with Gasteiger partial charge in [-0.25, -0.2) is 4.79 Å². The monoisotopic (exact) mass is 451 g/mol. The van der Waals surface area contributed by atoms with Crippen LogP contribution in [0, 0.1) is 11.3 Å². The first-order valence-corrected chi connectivity index (χ1v) is 11.7. The number of amides is 1. The summed E-state index contributed by atoms with van der Waals surface area (Å²) in [5.74, 6) is 0.473. The van der Waals surface area contributed by atoms with Gasteiger partial charge in [0.25, 0.3) is 5.91 Å². The molecule has 0 radical (unpaired) electrons. The summed E-state index contributed by atoms with van der Waals surface area (Å²) >= 11 is 1.49. The van der Waals surface area contributed by atoms with Crippen molar-refractivity contribution in [2.24, 2.45) is 11.3 Å². The Bertz CT molecular complexity index is 1160. The molecule has 1 atom stereocenters. The Hall–Kier alpha value is -2.86. The van der Waals surface area contributed by atoms with E-state index in [-0.39, 0.29) is 17.9 Å². The zero-order valence-corrected chi connectivity index (χ0v) is 19.8. The van der Waals surface area contributed by atoms with Gasteiger partial charge in [-0.1, -0.05) is 51.1 Å². The standard InChI is InChI=1S/C26H29NO4S/c1-26(2,3)18-10-12-20-21(14-18)32-24(23(20)25(29)30-4)27-22(28)15-31-19-11-9-16-7-5-6-8-17(16)13-19/h5-9,11,13,18H,10,12,14-15H2,1-4H3,(H,27,28)/t18-/m0/s1. The molecule has 1 heterocycles. The minimum absolute atomic E-state index is 0.133. The maximum Gasteiger partial charge on any atom is 0.341 e. The number of carbonyl (C=O) groups is 2. The summed E-state index contributed by atoms with van der Waals surface area (Å²) in [6, 6.07) is 13.7. The van der Waals surface area contributed by atoms with Crippen LogP contribution in [0.25, 0.3) is 10.8 Å². The maximum atomic E-state index is 12.7. The number of benzene rings is 2. The molecule has 3 aromatic rings. The van der Waals surface area contributed by atoms with E-state index in [9.17, 15) is 9.59 Å². The average Bonchev–Trinajstić information content (AvgIpc) is 3.13. The molecular weight excluding hydrogens is 422 g/mol. The van der Waals surface area contributed by atoms with Gasteiger partial charge in [-0.15, -0.1) is 11.3 Å². The SMILES string of the molecule is COC(=O)c1c(NC(=O)COc2ccc3ccccc3c2)sc2c1CC[C@H](C(C)(C)C)C2. The van der Waals surface area contributed by atoms with Crippen molar-refractivity contribution in [3.05, 3.63) is 58.5 Å². The Kier molecular flexibility index (Phi) is 6.24. The Labute approximate surface area is 192 Å². The molecule has 1 amide bonds. The van der Waals surface area contributed by atoms with E-state index in [2.05, 4.69) is 26.1 Å². The summed E-state index contributed by atoms with van der Waals surface area (Å²) < 4.78 is 10.7. The summed E-state index contributed by atoms with van der Waals surface area (Å²) in [6.07, 6.45) is 2.76. The first-order chi connectivity index (χ1) is 15.3. The van der Waals surface area contributed by atoms with Crippen LogP contribution in [-0.2, 0) is 22.4 Å². The van der Waals surface area contributed by atoms with E-state index in [0.717, 1.165) is 35.6 Å². The van der Waals surface area contributed by atoms with E-state index in [4.69, 9.17) is 9.47 Å². The van der Waals surface area contributed by atoms with E-state index in [1.165, 1.54) is 23.3 Å². The van der Waals surface area contributed by atoms with Crippen molar-refractivity contribution in [1.29, 1.82) is 0 Å². The number of ether oxygens (including phenoxy) is 2. The van der Waals surface area contributed by atoms with E-state index in [1.54, 1.807) is 0 Å². The number of hydrogen-bond acceptors (Lipinski definition) is 5. The molecule has 1 aromatic heterocycles. The van der Waals surface area contributed by atoms with Gasteiger partial charge in [0.1, 0.15) is 10.8 Å². The molecule has 168 valence electrons. The summed E-state index contributed by atoms with van der Waals surface area (Å²) in [7, 11) is 1.38. The number of hydrogen-bond donors (Lipinski definition) is 1. The largest absolute Gasteiger partial charge is 0.484 e. The Morgan fingerprint density at radius 3 is 2.59 bits per heavy atom. The van der Waals surface area contributed by atoms with Gasteiger partial charge >= 0.3 is 5.97 Å². The number of carbonyl (C=O) groups excluding carboxylic acids is 2.